The van der Waals surface area contributed by atoms with Crippen LogP contribution in [0.3, 0.4) is 0 Å². The Hall–Kier alpha value is -2.67. The number of nitrogens with one attached hydrogen (secondary N) is 2. The van der Waals surface area contributed by atoms with Gasteiger partial charge in [0.1, 0.15) is 5.58 Å². The van der Waals surface area contributed by atoms with Gasteiger partial charge in [0.25, 0.3) is 0 Å². The molecule has 0 saturated carbocycles. The lowest BCUT2D eigenvalue weighted by Gasteiger charge is -2.09. The highest BCUT2D eigenvalue weighted by molar-refractivity contribution is 9.10. The molecule has 26 heavy (non-hydrogen) atoms. The van der Waals surface area contributed by atoms with Gasteiger partial charge in [0, 0.05) is 22.1 Å². The molecular formula is C19H18BrN5O. The molecule has 0 aliphatic rings. The van der Waals surface area contributed by atoms with E-state index in [1.165, 1.54) is 5.56 Å². The Balaban J connectivity index is 1.50. The summed E-state index contributed by atoms with van der Waals surface area (Å²) in [6.45, 7) is 2.90. The third-order valence-electron chi connectivity index (χ3n) is 4.22. The summed E-state index contributed by atoms with van der Waals surface area (Å²) in [5, 5.41) is 18.4. The van der Waals surface area contributed by atoms with E-state index in [-0.39, 0.29) is 0 Å². The van der Waals surface area contributed by atoms with Crippen LogP contribution in [-0.4, -0.2) is 20.6 Å². The normalized spacial score (nSPS) is 11.2. The molecule has 132 valence electrons. The summed E-state index contributed by atoms with van der Waals surface area (Å²) in [4.78, 5) is 0. The van der Waals surface area contributed by atoms with E-state index in [1.54, 1.807) is 0 Å². The summed E-state index contributed by atoms with van der Waals surface area (Å²) in [6, 6.07) is 14.5. The zero-order valence-corrected chi connectivity index (χ0v) is 15.9. The fourth-order valence-electron chi connectivity index (χ4n) is 2.90. The van der Waals surface area contributed by atoms with Gasteiger partial charge in [-0.25, -0.2) is 0 Å². The van der Waals surface area contributed by atoms with Crippen LogP contribution in [0.1, 0.15) is 24.5 Å². The van der Waals surface area contributed by atoms with E-state index in [1.807, 2.05) is 18.2 Å². The highest BCUT2D eigenvalue weighted by Crippen LogP contribution is 2.27. The summed E-state index contributed by atoms with van der Waals surface area (Å²) in [6.07, 6.45) is 2.22. The number of H-pyrrole nitrogens is 1. The molecule has 0 unspecified atom stereocenters. The Morgan fingerprint density at radius 1 is 1.15 bits per heavy atom. The van der Waals surface area contributed by atoms with E-state index in [2.05, 4.69) is 73.1 Å². The van der Waals surface area contributed by atoms with Crippen LogP contribution in [0.4, 0.5) is 5.69 Å². The number of tetrazole rings is 1. The van der Waals surface area contributed by atoms with Crippen LogP contribution in [0.5, 0.6) is 0 Å². The van der Waals surface area contributed by atoms with Crippen LogP contribution in [0, 0.1) is 0 Å². The zero-order valence-electron chi connectivity index (χ0n) is 14.3. The average Bonchev–Trinajstić information content (AvgIpc) is 3.31. The number of rotatable bonds is 6. The first-order valence-corrected chi connectivity index (χ1v) is 9.31. The van der Waals surface area contributed by atoms with Gasteiger partial charge in [-0.3, -0.25) is 0 Å². The Labute approximate surface area is 159 Å². The van der Waals surface area contributed by atoms with Crippen molar-refractivity contribution in [2.24, 2.45) is 0 Å². The van der Waals surface area contributed by atoms with Gasteiger partial charge in [0.05, 0.1) is 0 Å². The summed E-state index contributed by atoms with van der Waals surface area (Å²) >= 11 is 3.65. The van der Waals surface area contributed by atoms with Crippen molar-refractivity contribution in [2.75, 3.05) is 5.32 Å². The number of hydrogen-bond acceptors (Lipinski definition) is 5. The molecule has 2 aromatic heterocycles. The average molecular weight is 412 g/mol. The maximum atomic E-state index is 5.85. The Morgan fingerprint density at radius 3 is 2.85 bits per heavy atom. The number of nitrogens with zero attached hydrogens (tertiary/aromatic N) is 3. The Kier molecular flexibility index (Phi) is 4.71. The van der Waals surface area contributed by atoms with Crippen molar-refractivity contribution >= 4 is 32.6 Å². The maximum Gasteiger partial charge on any atom is 0.239 e. The van der Waals surface area contributed by atoms with E-state index in [0.29, 0.717) is 18.1 Å². The van der Waals surface area contributed by atoms with Gasteiger partial charge in [0.2, 0.25) is 5.82 Å². The molecule has 0 aliphatic carbocycles. The number of benzene rings is 2. The molecule has 0 radical (unpaired) electrons. The quantitative estimate of drug-likeness (QED) is 0.469. The number of aromatic nitrogens is 4. The van der Waals surface area contributed by atoms with Crippen LogP contribution in [0.15, 0.2) is 51.4 Å². The van der Waals surface area contributed by atoms with Gasteiger partial charge < -0.3 is 9.73 Å². The van der Waals surface area contributed by atoms with Gasteiger partial charge >= 0.3 is 0 Å². The van der Waals surface area contributed by atoms with Gasteiger partial charge in [-0.05, 0) is 47.0 Å². The molecule has 0 saturated heterocycles. The van der Waals surface area contributed by atoms with Crippen molar-refractivity contribution in [3.8, 4) is 11.6 Å². The third-order valence-corrected chi connectivity index (χ3v) is 4.96. The molecule has 2 aromatic carbocycles. The Bertz CT molecular complexity index is 1030. The third kappa shape index (κ3) is 3.48. The lowest BCUT2D eigenvalue weighted by Crippen LogP contribution is -1.99. The van der Waals surface area contributed by atoms with Crippen molar-refractivity contribution in [1.29, 1.82) is 0 Å². The van der Waals surface area contributed by atoms with Crippen LogP contribution < -0.4 is 5.32 Å². The van der Waals surface area contributed by atoms with Crippen LogP contribution in [-0.2, 0) is 13.0 Å². The lowest BCUT2D eigenvalue weighted by atomic mass is 10.1. The first-order chi connectivity index (χ1) is 12.7. The van der Waals surface area contributed by atoms with Crippen molar-refractivity contribution in [2.45, 2.75) is 26.3 Å². The topological polar surface area (TPSA) is 79.6 Å². The molecule has 0 aliphatic heterocycles. The fraction of sp³-hybridized carbons (Fsp3) is 0.211. The van der Waals surface area contributed by atoms with E-state index >= 15 is 0 Å². The van der Waals surface area contributed by atoms with E-state index in [4.69, 9.17) is 4.42 Å². The number of aromatic amines is 1. The largest absolute Gasteiger partial charge is 0.453 e. The van der Waals surface area contributed by atoms with E-state index < -0.39 is 0 Å². The molecule has 7 heteroatoms. The van der Waals surface area contributed by atoms with Crippen molar-refractivity contribution in [3.05, 3.63) is 58.1 Å². The van der Waals surface area contributed by atoms with Crippen molar-refractivity contribution in [3.63, 3.8) is 0 Å². The summed E-state index contributed by atoms with van der Waals surface area (Å²) in [5.74, 6) is 1.06. The van der Waals surface area contributed by atoms with Gasteiger partial charge in [0.15, 0.2) is 5.76 Å². The van der Waals surface area contributed by atoms with Gasteiger partial charge in [-0.15, -0.1) is 10.2 Å². The molecule has 0 fully saturated rings. The molecule has 0 amide bonds. The van der Waals surface area contributed by atoms with Crippen LogP contribution >= 0.6 is 15.9 Å². The lowest BCUT2D eigenvalue weighted by molar-refractivity contribution is 0.625. The van der Waals surface area contributed by atoms with Crippen LogP contribution in [0.2, 0.25) is 0 Å². The Morgan fingerprint density at radius 2 is 2.08 bits per heavy atom. The first-order valence-electron chi connectivity index (χ1n) is 8.51. The second kappa shape index (κ2) is 7.29. The molecule has 0 spiro atoms. The second-order valence-corrected chi connectivity index (χ2v) is 6.98. The number of aryl methyl sites for hydroxylation is 1. The van der Waals surface area contributed by atoms with Crippen LogP contribution in [0.25, 0.3) is 22.6 Å². The molecule has 2 heterocycles. The summed E-state index contributed by atoms with van der Waals surface area (Å²) in [5.41, 5.74) is 4.37. The zero-order chi connectivity index (χ0) is 17.9. The molecule has 6 nitrogen and oxygen atoms in total. The maximum absolute atomic E-state index is 5.85. The van der Waals surface area contributed by atoms with Crippen molar-refractivity contribution < 1.29 is 4.42 Å². The second-order valence-electron chi connectivity index (χ2n) is 6.13. The van der Waals surface area contributed by atoms with E-state index in [9.17, 15) is 0 Å². The highest BCUT2D eigenvalue weighted by atomic mass is 79.9. The van der Waals surface area contributed by atoms with Gasteiger partial charge in [-0.1, -0.05) is 47.5 Å². The summed E-state index contributed by atoms with van der Waals surface area (Å²) < 4.78 is 7.00. The highest BCUT2D eigenvalue weighted by Gasteiger charge is 2.10. The number of halogens is 1. The van der Waals surface area contributed by atoms with Crippen molar-refractivity contribution in [1.82, 2.24) is 20.6 Å². The number of furan rings is 1. The van der Waals surface area contributed by atoms with E-state index in [0.717, 1.165) is 39.5 Å². The smallest absolute Gasteiger partial charge is 0.239 e. The fourth-order valence-corrected chi connectivity index (χ4v) is 3.47. The predicted octanol–water partition coefficient (Wildman–Crippen LogP) is 4.94. The predicted molar refractivity (Wildman–Crippen MR) is 105 cm³/mol. The number of anilines is 1. The number of hydrogen-bond donors (Lipinski definition) is 2. The molecule has 0 atom stereocenters. The summed E-state index contributed by atoms with van der Waals surface area (Å²) in [7, 11) is 0. The minimum atomic E-state index is 0.456. The minimum Gasteiger partial charge on any atom is -0.453 e. The minimum absolute atomic E-state index is 0.456. The molecule has 4 rings (SSSR count). The SMILES string of the molecule is CCCc1ccc(NCc2ccc3cc(-c4nn[nH]n4)oc3c2)cc1Br. The molecular weight excluding hydrogens is 394 g/mol. The molecule has 2 N–H and O–H groups in total. The monoisotopic (exact) mass is 411 g/mol. The van der Waals surface area contributed by atoms with Gasteiger partial charge in [-0.2, -0.15) is 5.21 Å². The standard InChI is InChI=1S/C19H18BrN5O/c1-2-3-13-6-7-15(10-16(13)20)21-11-12-4-5-14-9-18(26-17(14)8-12)19-22-24-25-23-19/h4-10,21H,2-3,11H2,1H3,(H,22,23,24,25). The molecule has 0 bridgehead atoms. The molecule has 4 aromatic rings. The first kappa shape index (κ1) is 16.8. The number of fused-ring (bicyclic) bond motifs is 1.